The molecule has 17 heavy (non-hydrogen) atoms. The second-order valence-corrected chi connectivity index (χ2v) is 4.83. The maximum Gasteiger partial charge on any atom is 0.304 e. The van der Waals surface area contributed by atoms with Gasteiger partial charge in [0.05, 0.1) is 6.42 Å². The normalized spacial score (nSPS) is 20.6. The van der Waals surface area contributed by atoms with Crippen LogP contribution in [0.1, 0.15) is 30.9 Å². The van der Waals surface area contributed by atoms with E-state index in [2.05, 4.69) is 11.0 Å². The minimum Gasteiger partial charge on any atom is -0.481 e. The van der Waals surface area contributed by atoms with Gasteiger partial charge in [0.2, 0.25) is 0 Å². The Labute approximate surface area is 106 Å². The van der Waals surface area contributed by atoms with Crippen molar-refractivity contribution in [2.75, 3.05) is 13.1 Å². The van der Waals surface area contributed by atoms with Gasteiger partial charge in [-0.1, -0.05) is 23.7 Å². The van der Waals surface area contributed by atoms with Gasteiger partial charge in [-0.15, -0.1) is 0 Å². The van der Waals surface area contributed by atoms with Crippen LogP contribution in [-0.2, 0) is 4.79 Å². The summed E-state index contributed by atoms with van der Waals surface area (Å²) in [6.07, 6.45) is 2.41. The van der Waals surface area contributed by atoms with E-state index in [0.29, 0.717) is 12.6 Å². The van der Waals surface area contributed by atoms with E-state index in [4.69, 9.17) is 16.7 Å². The summed E-state index contributed by atoms with van der Waals surface area (Å²) in [7, 11) is 0. The summed E-state index contributed by atoms with van der Waals surface area (Å²) in [5.41, 5.74) is 1.19. The van der Waals surface area contributed by atoms with Gasteiger partial charge in [-0.3, -0.25) is 9.69 Å². The van der Waals surface area contributed by atoms with Crippen molar-refractivity contribution >= 4 is 17.6 Å². The number of halogens is 1. The zero-order valence-corrected chi connectivity index (χ0v) is 10.4. The Morgan fingerprint density at radius 3 is 3.06 bits per heavy atom. The molecule has 1 saturated heterocycles. The van der Waals surface area contributed by atoms with Gasteiger partial charge < -0.3 is 5.11 Å². The van der Waals surface area contributed by atoms with Crippen molar-refractivity contribution in [3.05, 3.63) is 34.9 Å². The topological polar surface area (TPSA) is 40.5 Å². The quantitative estimate of drug-likeness (QED) is 0.897. The smallest absolute Gasteiger partial charge is 0.304 e. The highest BCUT2D eigenvalue weighted by molar-refractivity contribution is 6.30. The zero-order chi connectivity index (χ0) is 12.3. The summed E-state index contributed by atoms with van der Waals surface area (Å²) in [5.74, 6) is -0.734. The zero-order valence-electron chi connectivity index (χ0n) is 9.60. The van der Waals surface area contributed by atoms with Crippen molar-refractivity contribution in [1.29, 1.82) is 0 Å². The standard InChI is InChI=1S/C13H16ClNO2/c14-11-4-1-3-10(9-11)12-5-2-7-15(12)8-6-13(16)17/h1,3-4,9,12H,2,5-8H2,(H,16,17). The first-order valence-corrected chi connectivity index (χ1v) is 6.26. The first-order chi connectivity index (χ1) is 8.16. The SMILES string of the molecule is O=C(O)CCN1CCCC1c1cccc(Cl)c1. The first-order valence-electron chi connectivity index (χ1n) is 5.88. The number of rotatable bonds is 4. The van der Waals surface area contributed by atoms with Gasteiger partial charge in [-0.25, -0.2) is 0 Å². The van der Waals surface area contributed by atoms with Crippen LogP contribution in [0.15, 0.2) is 24.3 Å². The van der Waals surface area contributed by atoms with Crippen LogP contribution in [0, 0.1) is 0 Å². The summed E-state index contributed by atoms with van der Waals surface area (Å²) in [6.45, 7) is 1.59. The first kappa shape index (κ1) is 12.4. The molecule has 1 aromatic rings. The van der Waals surface area contributed by atoms with Crippen molar-refractivity contribution in [2.24, 2.45) is 0 Å². The fourth-order valence-corrected chi connectivity index (χ4v) is 2.62. The van der Waals surface area contributed by atoms with Crippen LogP contribution < -0.4 is 0 Å². The molecule has 3 nitrogen and oxygen atoms in total. The Balaban J connectivity index is 2.06. The number of hydrogen-bond donors (Lipinski definition) is 1. The molecule has 0 aliphatic carbocycles. The third kappa shape index (κ3) is 3.20. The number of carboxylic acid groups (broad SMARTS) is 1. The van der Waals surface area contributed by atoms with Crippen molar-refractivity contribution < 1.29 is 9.90 Å². The number of carbonyl (C=O) groups is 1. The minimum absolute atomic E-state index is 0.205. The maximum atomic E-state index is 10.6. The van der Waals surface area contributed by atoms with Crippen LogP contribution in [0.25, 0.3) is 0 Å². The molecule has 1 heterocycles. The maximum absolute atomic E-state index is 10.6. The van der Waals surface area contributed by atoms with Crippen LogP contribution >= 0.6 is 11.6 Å². The average Bonchev–Trinajstić information content (AvgIpc) is 2.74. The number of nitrogens with zero attached hydrogens (tertiary/aromatic N) is 1. The molecule has 2 rings (SSSR count). The van der Waals surface area contributed by atoms with E-state index in [-0.39, 0.29) is 6.42 Å². The molecule has 0 radical (unpaired) electrons. The molecule has 0 saturated carbocycles. The Morgan fingerprint density at radius 1 is 1.53 bits per heavy atom. The third-order valence-electron chi connectivity index (χ3n) is 3.21. The lowest BCUT2D eigenvalue weighted by Gasteiger charge is -2.24. The largest absolute Gasteiger partial charge is 0.481 e. The molecular formula is C13H16ClNO2. The number of carboxylic acids is 1. The Morgan fingerprint density at radius 2 is 2.35 bits per heavy atom. The molecule has 0 bridgehead atoms. The molecule has 4 heteroatoms. The third-order valence-corrected chi connectivity index (χ3v) is 3.45. The van der Waals surface area contributed by atoms with Crippen LogP contribution in [0.3, 0.4) is 0 Å². The molecule has 0 amide bonds. The monoisotopic (exact) mass is 253 g/mol. The van der Waals surface area contributed by atoms with Gasteiger partial charge >= 0.3 is 5.97 Å². The fraction of sp³-hybridized carbons (Fsp3) is 0.462. The van der Waals surface area contributed by atoms with Gasteiger partial charge in [0.25, 0.3) is 0 Å². The number of hydrogen-bond acceptors (Lipinski definition) is 2. The lowest BCUT2D eigenvalue weighted by atomic mass is 10.0. The predicted molar refractivity (Wildman–Crippen MR) is 67.3 cm³/mol. The van der Waals surface area contributed by atoms with Gasteiger partial charge in [0, 0.05) is 17.6 Å². The Kier molecular flexibility index (Phi) is 4.02. The molecule has 0 aromatic heterocycles. The highest BCUT2D eigenvalue weighted by atomic mass is 35.5. The van der Waals surface area contributed by atoms with Crippen molar-refractivity contribution in [3.8, 4) is 0 Å². The summed E-state index contributed by atoms with van der Waals surface area (Å²) < 4.78 is 0. The Bertz CT molecular complexity index is 408. The highest BCUT2D eigenvalue weighted by Gasteiger charge is 2.26. The lowest BCUT2D eigenvalue weighted by molar-refractivity contribution is -0.137. The minimum atomic E-state index is -0.734. The summed E-state index contributed by atoms with van der Waals surface area (Å²) in [5, 5.41) is 9.47. The van der Waals surface area contributed by atoms with Crippen molar-refractivity contribution in [3.63, 3.8) is 0 Å². The van der Waals surface area contributed by atoms with Gasteiger partial charge in [0.1, 0.15) is 0 Å². The lowest BCUT2D eigenvalue weighted by Crippen LogP contribution is -2.26. The molecule has 1 aliphatic rings. The molecule has 1 atom stereocenters. The molecule has 1 aliphatic heterocycles. The number of benzene rings is 1. The summed E-state index contributed by atoms with van der Waals surface area (Å²) in [4.78, 5) is 12.8. The molecule has 1 unspecified atom stereocenters. The van der Waals surface area contributed by atoms with Gasteiger partial charge in [0.15, 0.2) is 0 Å². The summed E-state index contributed by atoms with van der Waals surface area (Å²) >= 11 is 5.99. The number of likely N-dealkylation sites (tertiary alicyclic amines) is 1. The number of aliphatic carboxylic acids is 1. The second kappa shape index (κ2) is 5.52. The summed E-state index contributed by atoms with van der Waals surface area (Å²) in [6, 6.07) is 8.18. The average molecular weight is 254 g/mol. The van der Waals surface area contributed by atoms with Gasteiger partial charge in [-0.05, 0) is 37.1 Å². The van der Waals surface area contributed by atoms with Crippen LogP contribution in [0.2, 0.25) is 5.02 Å². The molecular weight excluding hydrogens is 238 g/mol. The van der Waals surface area contributed by atoms with E-state index >= 15 is 0 Å². The van der Waals surface area contributed by atoms with E-state index in [1.54, 1.807) is 0 Å². The van der Waals surface area contributed by atoms with E-state index in [0.717, 1.165) is 24.4 Å². The van der Waals surface area contributed by atoms with Crippen molar-refractivity contribution in [2.45, 2.75) is 25.3 Å². The highest BCUT2D eigenvalue weighted by Crippen LogP contribution is 2.32. The molecule has 92 valence electrons. The molecule has 1 fully saturated rings. The molecule has 0 spiro atoms. The molecule has 1 N–H and O–H groups in total. The van der Waals surface area contributed by atoms with E-state index in [9.17, 15) is 4.79 Å². The fourth-order valence-electron chi connectivity index (χ4n) is 2.42. The van der Waals surface area contributed by atoms with Crippen LogP contribution in [0.5, 0.6) is 0 Å². The molecule has 1 aromatic carbocycles. The van der Waals surface area contributed by atoms with E-state index in [1.807, 2.05) is 18.2 Å². The van der Waals surface area contributed by atoms with E-state index in [1.165, 1.54) is 5.56 Å². The Hall–Kier alpha value is -1.06. The van der Waals surface area contributed by atoms with Crippen molar-refractivity contribution in [1.82, 2.24) is 4.90 Å². The predicted octanol–water partition coefficient (Wildman–Crippen LogP) is 2.95. The van der Waals surface area contributed by atoms with Crippen LogP contribution in [0.4, 0.5) is 0 Å². The second-order valence-electron chi connectivity index (χ2n) is 4.39. The van der Waals surface area contributed by atoms with Gasteiger partial charge in [-0.2, -0.15) is 0 Å². The van der Waals surface area contributed by atoms with E-state index < -0.39 is 5.97 Å². The van der Waals surface area contributed by atoms with Crippen LogP contribution in [-0.4, -0.2) is 29.1 Å².